The SMILES string of the molecule is CCN(CC(=O)NC(C)c1ccccc1)CC(=O)NC(C)(C)C. The molecule has 1 rings (SSSR count). The van der Waals surface area contributed by atoms with Gasteiger partial charge in [-0.15, -0.1) is 0 Å². The third-order valence-electron chi connectivity index (χ3n) is 3.37. The third-order valence-corrected chi connectivity index (χ3v) is 3.37. The van der Waals surface area contributed by atoms with Crippen molar-refractivity contribution in [3.63, 3.8) is 0 Å². The van der Waals surface area contributed by atoms with Gasteiger partial charge in [-0.3, -0.25) is 14.5 Å². The summed E-state index contributed by atoms with van der Waals surface area (Å²) in [5.74, 6) is -0.144. The van der Waals surface area contributed by atoms with Crippen LogP contribution < -0.4 is 10.6 Å². The fourth-order valence-corrected chi connectivity index (χ4v) is 2.26. The first-order valence-corrected chi connectivity index (χ1v) is 8.09. The molecule has 0 fully saturated rings. The molecule has 0 bridgehead atoms. The van der Waals surface area contributed by atoms with Gasteiger partial charge in [0.15, 0.2) is 0 Å². The second-order valence-corrected chi connectivity index (χ2v) is 6.80. The fourth-order valence-electron chi connectivity index (χ4n) is 2.26. The van der Waals surface area contributed by atoms with Crippen molar-refractivity contribution in [2.75, 3.05) is 19.6 Å². The second-order valence-electron chi connectivity index (χ2n) is 6.80. The van der Waals surface area contributed by atoms with Gasteiger partial charge in [0, 0.05) is 5.54 Å². The molecule has 1 aromatic carbocycles. The zero-order valence-electron chi connectivity index (χ0n) is 14.8. The van der Waals surface area contributed by atoms with E-state index in [0.29, 0.717) is 6.54 Å². The summed E-state index contributed by atoms with van der Waals surface area (Å²) >= 11 is 0. The minimum Gasteiger partial charge on any atom is -0.350 e. The van der Waals surface area contributed by atoms with Gasteiger partial charge in [-0.2, -0.15) is 0 Å². The van der Waals surface area contributed by atoms with Crippen LogP contribution in [-0.2, 0) is 9.59 Å². The smallest absolute Gasteiger partial charge is 0.234 e. The lowest BCUT2D eigenvalue weighted by Crippen LogP contribution is -2.48. The quantitative estimate of drug-likeness (QED) is 0.809. The highest BCUT2D eigenvalue weighted by Crippen LogP contribution is 2.10. The van der Waals surface area contributed by atoms with Gasteiger partial charge >= 0.3 is 0 Å². The van der Waals surface area contributed by atoms with E-state index in [1.807, 2.05) is 69.9 Å². The molecular weight excluding hydrogens is 290 g/mol. The van der Waals surface area contributed by atoms with Crippen LogP contribution in [0.15, 0.2) is 30.3 Å². The predicted octanol–water partition coefficient (Wildman–Crippen LogP) is 2.10. The summed E-state index contributed by atoms with van der Waals surface area (Å²) in [6.07, 6.45) is 0. The molecule has 0 saturated carbocycles. The number of likely N-dealkylation sites (N-methyl/N-ethyl adjacent to an activating group) is 1. The normalized spacial score (nSPS) is 12.8. The van der Waals surface area contributed by atoms with E-state index in [1.165, 1.54) is 0 Å². The van der Waals surface area contributed by atoms with Crippen molar-refractivity contribution in [3.05, 3.63) is 35.9 Å². The van der Waals surface area contributed by atoms with E-state index < -0.39 is 0 Å². The number of benzene rings is 1. The van der Waals surface area contributed by atoms with Crippen molar-refractivity contribution in [2.24, 2.45) is 0 Å². The maximum Gasteiger partial charge on any atom is 0.234 e. The number of carbonyl (C=O) groups is 2. The molecule has 0 aliphatic heterocycles. The molecule has 1 atom stereocenters. The molecule has 1 unspecified atom stereocenters. The van der Waals surface area contributed by atoms with E-state index in [4.69, 9.17) is 0 Å². The minimum absolute atomic E-state index is 0.0502. The first kappa shape index (κ1) is 19.2. The molecule has 2 N–H and O–H groups in total. The zero-order valence-corrected chi connectivity index (χ0v) is 14.8. The van der Waals surface area contributed by atoms with Crippen LogP contribution in [0.4, 0.5) is 0 Å². The Hall–Kier alpha value is -1.88. The lowest BCUT2D eigenvalue weighted by molar-refractivity contribution is -0.126. The first-order chi connectivity index (χ1) is 10.7. The van der Waals surface area contributed by atoms with Gasteiger partial charge in [-0.25, -0.2) is 0 Å². The van der Waals surface area contributed by atoms with Crippen LogP contribution in [-0.4, -0.2) is 41.9 Å². The van der Waals surface area contributed by atoms with Crippen LogP contribution in [0.5, 0.6) is 0 Å². The summed E-state index contributed by atoms with van der Waals surface area (Å²) in [6.45, 7) is 10.8. The number of rotatable bonds is 7. The number of carbonyl (C=O) groups excluding carboxylic acids is 2. The predicted molar refractivity (Wildman–Crippen MR) is 93.0 cm³/mol. The summed E-state index contributed by atoms with van der Waals surface area (Å²) in [5.41, 5.74) is 0.801. The summed E-state index contributed by atoms with van der Waals surface area (Å²) < 4.78 is 0. The standard InChI is InChI=1S/C18H29N3O2/c1-6-21(13-17(23)20-18(3,4)5)12-16(22)19-14(2)15-10-8-7-9-11-15/h7-11,14H,6,12-13H2,1-5H3,(H,19,22)(H,20,23). The van der Waals surface area contributed by atoms with E-state index >= 15 is 0 Å². The highest BCUT2D eigenvalue weighted by Gasteiger charge is 2.18. The highest BCUT2D eigenvalue weighted by molar-refractivity contribution is 5.81. The molecule has 5 heteroatoms. The maximum atomic E-state index is 12.2. The molecule has 5 nitrogen and oxygen atoms in total. The van der Waals surface area contributed by atoms with Crippen LogP contribution in [0.25, 0.3) is 0 Å². The van der Waals surface area contributed by atoms with Gasteiger partial charge in [0.05, 0.1) is 19.1 Å². The molecule has 128 valence electrons. The molecule has 2 amide bonds. The van der Waals surface area contributed by atoms with Crippen molar-refractivity contribution in [3.8, 4) is 0 Å². The topological polar surface area (TPSA) is 61.4 Å². The van der Waals surface area contributed by atoms with Crippen LogP contribution >= 0.6 is 0 Å². The van der Waals surface area contributed by atoms with Crippen molar-refractivity contribution >= 4 is 11.8 Å². The Balaban J connectivity index is 2.48. The molecule has 1 aromatic rings. The summed E-state index contributed by atoms with van der Waals surface area (Å²) in [6, 6.07) is 9.77. The van der Waals surface area contributed by atoms with Crippen LogP contribution in [0.1, 0.15) is 46.2 Å². The Labute approximate surface area is 139 Å². The van der Waals surface area contributed by atoms with Gasteiger partial charge in [-0.05, 0) is 39.8 Å². The molecular formula is C18H29N3O2. The second kappa shape index (κ2) is 8.67. The number of nitrogens with zero attached hydrogens (tertiary/aromatic N) is 1. The molecule has 0 heterocycles. The number of hydrogen-bond donors (Lipinski definition) is 2. The molecule has 0 radical (unpaired) electrons. The van der Waals surface area contributed by atoms with E-state index in [-0.39, 0.29) is 36.5 Å². The van der Waals surface area contributed by atoms with E-state index in [1.54, 1.807) is 0 Å². The third kappa shape index (κ3) is 7.79. The van der Waals surface area contributed by atoms with Crippen LogP contribution in [0, 0.1) is 0 Å². The first-order valence-electron chi connectivity index (χ1n) is 8.09. The van der Waals surface area contributed by atoms with Gasteiger partial charge in [0.25, 0.3) is 0 Å². The molecule has 23 heavy (non-hydrogen) atoms. The van der Waals surface area contributed by atoms with Gasteiger partial charge in [0.1, 0.15) is 0 Å². The average molecular weight is 319 g/mol. The Bertz CT molecular complexity index is 509. The largest absolute Gasteiger partial charge is 0.350 e. The van der Waals surface area contributed by atoms with E-state index in [9.17, 15) is 9.59 Å². The average Bonchev–Trinajstić information content (AvgIpc) is 2.45. The van der Waals surface area contributed by atoms with Crippen molar-refractivity contribution in [1.82, 2.24) is 15.5 Å². The summed E-state index contributed by atoms with van der Waals surface area (Å²) in [5, 5.41) is 5.88. The molecule has 0 saturated heterocycles. The number of hydrogen-bond acceptors (Lipinski definition) is 3. The van der Waals surface area contributed by atoms with Crippen molar-refractivity contribution < 1.29 is 9.59 Å². The Morgan fingerprint density at radius 1 is 1.09 bits per heavy atom. The van der Waals surface area contributed by atoms with Gasteiger partial charge < -0.3 is 10.6 Å². The number of nitrogens with one attached hydrogen (secondary N) is 2. The van der Waals surface area contributed by atoms with Crippen molar-refractivity contribution in [1.29, 1.82) is 0 Å². The Kier molecular flexibility index (Phi) is 7.23. The number of amides is 2. The van der Waals surface area contributed by atoms with Gasteiger partial charge in [-0.1, -0.05) is 37.3 Å². The Morgan fingerprint density at radius 2 is 1.65 bits per heavy atom. The summed E-state index contributed by atoms with van der Waals surface area (Å²) in [4.78, 5) is 26.0. The molecule has 0 aliphatic carbocycles. The zero-order chi connectivity index (χ0) is 17.5. The highest BCUT2D eigenvalue weighted by atomic mass is 16.2. The lowest BCUT2D eigenvalue weighted by atomic mass is 10.1. The lowest BCUT2D eigenvalue weighted by Gasteiger charge is -2.25. The van der Waals surface area contributed by atoms with Crippen molar-refractivity contribution in [2.45, 2.75) is 46.2 Å². The summed E-state index contributed by atoms with van der Waals surface area (Å²) in [7, 11) is 0. The van der Waals surface area contributed by atoms with Crippen LogP contribution in [0.2, 0.25) is 0 Å². The van der Waals surface area contributed by atoms with Crippen LogP contribution in [0.3, 0.4) is 0 Å². The maximum absolute atomic E-state index is 12.2. The molecule has 0 spiro atoms. The minimum atomic E-state index is -0.263. The Morgan fingerprint density at radius 3 is 2.17 bits per heavy atom. The molecule has 0 aliphatic rings. The van der Waals surface area contributed by atoms with E-state index in [0.717, 1.165) is 5.56 Å². The fraction of sp³-hybridized carbons (Fsp3) is 0.556. The van der Waals surface area contributed by atoms with Gasteiger partial charge in [0.2, 0.25) is 11.8 Å². The monoisotopic (exact) mass is 319 g/mol. The van der Waals surface area contributed by atoms with E-state index in [2.05, 4.69) is 10.6 Å². The molecule has 0 aromatic heterocycles.